The number of likely N-dealkylation sites (tertiary alicyclic amines) is 1. The molecule has 0 radical (unpaired) electrons. The van der Waals surface area contributed by atoms with Crippen molar-refractivity contribution in [1.82, 2.24) is 4.90 Å². The summed E-state index contributed by atoms with van der Waals surface area (Å²) in [4.78, 5) is 25.6. The molecule has 1 fully saturated rings. The zero-order valence-corrected chi connectivity index (χ0v) is 13.3. The third-order valence-corrected chi connectivity index (χ3v) is 5.45. The average molecular weight is 285 g/mol. The third-order valence-electron chi connectivity index (χ3n) is 3.71. The molecule has 0 saturated carbocycles. The maximum Gasteiger partial charge on any atom is 0.242 e. The molecule has 0 spiro atoms. The van der Waals surface area contributed by atoms with E-state index in [1.807, 2.05) is 0 Å². The van der Waals surface area contributed by atoms with E-state index in [1.165, 1.54) is 17.7 Å². The van der Waals surface area contributed by atoms with Gasteiger partial charge in [0.1, 0.15) is 0 Å². The predicted molar refractivity (Wildman–Crippen MR) is 81.2 cm³/mol. The van der Waals surface area contributed by atoms with Gasteiger partial charge < -0.3 is 0 Å². The van der Waals surface area contributed by atoms with E-state index in [0.717, 1.165) is 25.7 Å². The number of imide groups is 1. The number of unbranched alkanes of at least 4 members (excludes halogenated alkanes) is 3. The van der Waals surface area contributed by atoms with Crippen molar-refractivity contribution in [2.24, 2.45) is 0 Å². The van der Waals surface area contributed by atoms with E-state index < -0.39 is 0 Å². The Bertz CT molecular complexity index is 303. The number of carbonyl (C=O) groups excluding carboxylic acids is 2. The van der Waals surface area contributed by atoms with Gasteiger partial charge >= 0.3 is 0 Å². The topological polar surface area (TPSA) is 37.4 Å². The summed E-state index contributed by atoms with van der Waals surface area (Å²) in [7, 11) is 0. The van der Waals surface area contributed by atoms with Gasteiger partial charge in [-0.15, -0.1) is 11.8 Å². The summed E-state index contributed by atoms with van der Waals surface area (Å²) in [6, 6.07) is 0. The molecule has 1 rings (SSSR count). The van der Waals surface area contributed by atoms with Gasteiger partial charge in [-0.1, -0.05) is 40.0 Å². The van der Waals surface area contributed by atoms with Crippen molar-refractivity contribution in [3.8, 4) is 0 Å². The monoisotopic (exact) mass is 285 g/mol. The fourth-order valence-corrected chi connectivity index (χ4v) is 3.74. The molecule has 0 aromatic heterocycles. The summed E-state index contributed by atoms with van der Waals surface area (Å²) < 4.78 is 0. The zero-order chi connectivity index (χ0) is 14.3. The van der Waals surface area contributed by atoms with Gasteiger partial charge in [-0.25, -0.2) is 0 Å². The normalized spacial score (nSPS) is 19.8. The van der Waals surface area contributed by atoms with Crippen molar-refractivity contribution < 1.29 is 9.59 Å². The van der Waals surface area contributed by atoms with E-state index >= 15 is 0 Å². The van der Waals surface area contributed by atoms with Crippen LogP contribution in [-0.2, 0) is 9.59 Å². The van der Waals surface area contributed by atoms with Gasteiger partial charge in [-0.05, 0) is 19.3 Å². The van der Waals surface area contributed by atoms with Crippen LogP contribution in [0, 0.1) is 0 Å². The van der Waals surface area contributed by atoms with Gasteiger partial charge in [0.05, 0.1) is 5.25 Å². The van der Waals surface area contributed by atoms with Crippen LogP contribution in [-0.4, -0.2) is 33.8 Å². The highest BCUT2D eigenvalue weighted by Gasteiger charge is 2.39. The van der Waals surface area contributed by atoms with Gasteiger partial charge in [0.15, 0.2) is 0 Å². The van der Waals surface area contributed by atoms with Crippen LogP contribution in [0.15, 0.2) is 0 Å². The molecule has 0 bridgehead atoms. The second kappa shape index (κ2) is 8.62. The second-order valence-corrected chi connectivity index (χ2v) is 6.72. The fourth-order valence-electron chi connectivity index (χ4n) is 2.40. The van der Waals surface area contributed by atoms with Gasteiger partial charge in [0.2, 0.25) is 11.8 Å². The Hall–Kier alpha value is -0.510. The Balaban J connectivity index is 2.44. The first-order valence-corrected chi connectivity index (χ1v) is 8.57. The summed E-state index contributed by atoms with van der Waals surface area (Å²) in [5.41, 5.74) is 0. The maximum absolute atomic E-state index is 12.2. The smallest absolute Gasteiger partial charge is 0.242 e. The summed E-state index contributed by atoms with van der Waals surface area (Å²) in [5, 5.41) is 0.380. The molecule has 0 aromatic carbocycles. The van der Waals surface area contributed by atoms with Gasteiger partial charge in [0.25, 0.3) is 0 Å². The lowest BCUT2D eigenvalue weighted by Crippen LogP contribution is -2.32. The van der Waals surface area contributed by atoms with Crippen molar-refractivity contribution in [3.05, 3.63) is 0 Å². The molecule has 1 unspecified atom stereocenters. The Morgan fingerprint density at radius 1 is 1.16 bits per heavy atom. The lowest BCUT2D eigenvalue weighted by Gasteiger charge is -2.17. The first-order valence-electron chi connectivity index (χ1n) is 7.63. The summed E-state index contributed by atoms with van der Waals surface area (Å²) in [6.07, 6.45) is 6.96. The van der Waals surface area contributed by atoms with E-state index in [0.29, 0.717) is 18.2 Å². The van der Waals surface area contributed by atoms with E-state index in [4.69, 9.17) is 0 Å². The maximum atomic E-state index is 12.2. The summed E-state index contributed by atoms with van der Waals surface area (Å²) in [6.45, 7) is 7.07. The molecule has 110 valence electrons. The molecule has 1 heterocycles. The SMILES string of the molecule is CCCCCCN1C(=O)CC(SC(CC)CC)C1=O. The number of nitrogens with zero attached hydrogens (tertiary/aromatic N) is 1. The van der Waals surface area contributed by atoms with Gasteiger partial charge in [-0.3, -0.25) is 14.5 Å². The number of carbonyl (C=O) groups is 2. The van der Waals surface area contributed by atoms with E-state index in [-0.39, 0.29) is 17.1 Å². The molecule has 0 aromatic rings. The van der Waals surface area contributed by atoms with Crippen LogP contribution in [0.25, 0.3) is 0 Å². The van der Waals surface area contributed by atoms with Gasteiger partial charge in [0, 0.05) is 18.2 Å². The minimum absolute atomic E-state index is 0.0324. The Kier molecular flexibility index (Phi) is 7.51. The molecule has 1 aliphatic heterocycles. The number of rotatable bonds is 9. The van der Waals surface area contributed by atoms with Crippen molar-refractivity contribution in [2.45, 2.75) is 76.2 Å². The molecular weight excluding hydrogens is 258 g/mol. The number of thioether (sulfide) groups is 1. The third kappa shape index (κ3) is 4.83. The minimum Gasteiger partial charge on any atom is -0.282 e. The van der Waals surface area contributed by atoms with Crippen LogP contribution in [0.4, 0.5) is 0 Å². The Morgan fingerprint density at radius 3 is 2.42 bits per heavy atom. The average Bonchev–Trinajstić information content (AvgIpc) is 2.67. The van der Waals surface area contributed by atoms with E-state index in [9.17, 15) is 9.59 Å². The molecule has 1 atom stereocenters. The molecule has 3 nitrogen and oxygen atoms in total. The first-order chi connectivity index (χ1) is 9.13. The number of hydrogen-bond donors (Lipinski definition) is 0. The predicted octanol–water partition coefficient (Wildman–Crippen LogP) is 3.62. The Labute approximate surface area is 121 Å². The standard InChI is InChI=1S/C15H27NO2S/c1-4-7-8-9-10-16-14(17)11-13(15(16)18)19-12(5-2)6-3/h12-13H,4-11H2,1-3H3. The largest absolute Gasteiger partial charge is 0.282 e. The molecule has 4 heteroatoms. The van der Waals surface area contributed by atoms with E-state index in [1.54, 1.807) is 11.8 Å². The molecule has 1 saturated heterocycles. The highest BCUT2D eigenvalue weighted by atomic mass is 32.2. The van der Waals surface area contributed by atoms with Crippen molar-refractivity contribution in [3.63, 3.8) is 0 Å². The molecule has 0 aliphatic carbocycles. The van der Waals surface area contributed by atoms with Crippen LogP contribution in [0.2, 0.25) is 0 Å². The second-order valence-electron chi connectivity index (χ2n) is 5.21. The highest BCUT2D eigenvalue weighted by Crippen LogP contribution is 2.31. The molecule has 1 aliphatic rings. The highest BCUT2D eigenvalue weighted by molar-refractivity contribution is 8.01. The number of hydrogen-bond acceptors (Lipinski definition) is 3. The molecule has 0 N–H and O–H groups in total. The van der Waals surface area contributed by atoms with Crippen molar-refractivity contribution in [1.29, 1.82) is 0 Å². The fraction of sp³-hybridized carbons (Fsp3) is 0.867. The van der Waals surface area contributed by atoms with Crippen molar-refractivity contribution in [2.75, 3.05) is 6.54 Å². The van der Waals surface area contributed by atoms with Crippen LogP contribution >= 0.6 is 11.8 Å². The van der Waals surface area contributed by atoms with Crippen molar-refractivity contribution >= 4 is 23.6 Å². The van der Waals surface area contributed by atoms with Crippen LogP contribution in [0.5, 0.6) is 0 Å². The Morgan fingerprint density at radius 2 is 1.84 bits per heavy atom. The minimum atomic E-state index is -0.122. The lowest BCUT2D eigenvalue weighted by atomic mass is 10.2. The van der Waals surface area contributed by atoms with E-state index in [2.05, 4.69) is 20.8 Å². The summed E-state index contributed by atoms with van der Waals surface area (Å²) >= 11 is 1.70. The zero-order valence-electron chi connectivity index (χ0n) is 12.5. The van der Waals surface area contributed by atoms with Gasteiger partial charge in [-0.2, -0.15) is 0 Å². The summed E-state index contributed by atoms with van der Waals surface area (Å²) in [5.74, 6) is 0.0864. The molecule has 19 heavy (non-hydrogen) atoms. The lowest BCUT2D eigenvalue weighted by molar-refractivity contribution is -0.138. The number of amides is 2. The quantitative estimate of drug-likeness (QED) is 0.479. The molecule has 2 amide bonds. The van der Waals surface area contributed by atoms with Crippen LogP contribution < -0.4 is 0 Å². The first kappa shape index (κ1) is 16.5. The van der Waals surface area contributed by atoms with Crippen LogP contribution in [0.1, 0.15) is 65.7 Å². The molecular formula is C15H27NO2S. The van der Waals surface area contributed by atoms with Crippen LogP contribution in [0.3, 0.4) is 0 Å².